The molecule has 5 heteroatoms. The second-order valence-corrected chi connectivity index (χ2v) is 8.26. The molecule has 0 amide bonds. The number of nitrogens with zero attached hydrogens (tertiary/aromatic N) is 4. The van der Waals surface area contributed by atoms with Gasteiger partial charge in [-0.05, 0) is 41.0 Å². The Bertz CT molecular complexity index is 1040. The van der Waals surface area contributed by atoms with Crippen LogP contribution in [0.4, 0.5) is 4.39 Å². The molecule has 0 spiro atoms. The molecule has 29 heavy (non-hydrogen) atoms. The van der Waals surface area contributed by atoms with Gasteiger partial charge in [0.2, 0.25) is 5.95 Å². The molecule has 0 saturated carbocycles. The number of imidazole rings is 1. The zero-order chi connectivity index (χ0) is 21.3. The van der Waals surface area contributed by atoms with Crippen LogP contribution in [0.3, 0.4) is 0 Å². The maximum Gasteiger partial charge on any atom is 0.224 e. The summed E-state index contributed by atoms with van der Waals surface area (Å²) >= 11 is 0. The van der Waals surface area contributed by atoms with Crippen LogP contribution >= 0.6 is 0 Å². The lowest BCUT2D eigenvalue weighted by atomic mass is 9.92. The molecule has 3 rings (SSSR count). The number of hydrogen-bond donors (Lipinski definition) is 0. The van der Waals surface area contributed by atoms with Gasteiger partial charge in [0.1, 0.15) is 6.07 Å². The first-order chi connectivity index (χ1) is 13.7. The standard InChI is InChI=1S/C24H27FN4/c1-14(2)18-8-7-9-19(15(3)4)22(18)29-13-17(12-26)27-24(29)20-10-11-21(16(5)6)28-23(20)25/h7-11,13-16H,1-6H3. The minimum atomic E-state index is -0.569. The van der Waals surface area contributed by atoms with Crippen LogP contribution in [0.1, 0.15) is 81.8 Å². The first-order valence-electron chi connectivity index (χ1n) is 10.0. The molecule has 3 aromatic rings. The normalized spacial score (nSPS) is 11.5. The van der Waals surface area contributed by atoms with E-state index in [1.54, 1.807) is 12.3 Å². The van der Waals surface area contributed by atoms with E-state index in [2.05, 4.69) is 61.9 Å². The van der Waals surface area contributed by atoms with Gasteiger partial charge in [-0.1, -0.05) is 59.7 Å². The Balaban J connectivity index is 2.33. The van der Waals surface area contributed by atoms with E-state index in [4.69, 9.17) is 0 Å². The van der Waals surface area contributed by atoms with Crippen molar-refractivity contribution >= 4 is 0 Å². The zero-order valence-corrected chi connectivity index (χ0v) is 17.9. The Morgan fingerprint density at radius 2 is 1.52 bits per heavy atom. The van der Waals surface area contributed by atoms with E-state index in [1.165, 1.54) is 0 Å². The summed E-state index contributed by atoms with van der Waals surface area (Å²) < 4.78 is 16.8. The molecule has 0 saturated heterocycles. The Morgan fingerprint density at radius 1 is 0.897 bits per heavy atom. The van der Waals surface area contributed by atoms with E-state index < -0.39 is 5.95 Å². The lowest BCUT2D eigenvalue weighted by Crippen LogP contribution is -2.09. The second kappa shape index (κ2) is 8.16. The molecule has 0 aliphatic carbocycles. The molecule has 0 fully saturated rings. The van der Waals surface area contributed by atoms with Gasteiger partial charge < -0.3 is 0 Å². The van der Waals surface area contributed by atoms with Crippen LogP contribution in [0.5, 0.6) is 0 Å². The van der Waals surface area contributed by atoms with Crippen LogP contribution < -0.4 is 0 Å². The second-order valence-electron chi connectivity index (χ2n) is 8.26. The topological polar surface area (TPSA) is 54.5 Å². The third-order valence-corrected chi connectivity index (χ3v) is 5.11. The van der Waals surface area contributed by atoms with Crippen molar-refractivity contribution in [3.63, 3.8) is 0 Å². The molecular weight excluding hydrogens is 363 g/mol. The fourth-order valence-electron chi connectivity index (χ4n) is 3.52. The van der Waals surface area contributed by atoms with Gasteiger partial charge in [0.25, 0.3) is 0 Å². The van der Waals surface area contributed by atoms with Crippen LogP contribution in [0.15, 0.2) is 36.5 Å². The highest BCUT2D eigenvalue weighted by atomic mass is 19.1. The Kier molecular flexibility index (Phi) is 5.83. The van der Waals surface area contributed by atoms with Gasteiger partial charge in [0.05, 0.1) is 11.3 Å². The Labute approximate surface area is 172 Å². The smallest absolute Gasteiger partial charge is 0.224 e. The van der Waals surface area contributed by atoms with Crippen molar-refractivity contribution in [2.24, 2.45) is 0 Å². The largest absolute Gasteiger partial charge is 0.298 e. The van der Waals surface area contributed by atoms with Crippen LogP contribution in [-0.2, 0) is 0 Å². The molecular formula is C24H27FN4. The van der Waals surface area contributed by atoms with E-state index in [-0.39, 0.29) is 23.4 Å². The monoisotopic (exact) mass is 390 g/mol. The highest BCUT2D eigenvalue weighted by molar-refractivity contribution is 5.63. The number of rotatable bonds is 5. The highest BCUT2D eigenvalue weighted by Gasteiger charge is 2.22. The fourth-order valence-corrected chi connectivity index (χ4v) is 3.52. The van der Waals surface area contributed by atoms with Crippen molar-refractivity contribution in [1.29, 1.82) is 5.26 Å². The molecule has 0 aliphatic heterocycles. The molecule has 0 unspecified atom stereocenters. The lowest BCUT2D eigenvalue weighted by Gasteiger charge is -2.21. The number of pyridine rings is 1. The van der Waals surface area contributed by atoms with Crippen molar-refractivity contribution in [2.75, 3.05) is 0 Å². The van der Waals surface area contributed by atoms with Crippen LogP contribution in [0, 0.1) is 17.3 Å². The molecule has 2 aromatic heterocycles. The van der Waals surface area contributed by atoms with E-state index in [0.717, 1.165) is 16.8 Å². The van der Waals surface area contributed by atoms with Gasteiger partial charge in [-0.15, -0.1) is 0 Å². The summed E-state index contributed by atoms with van der Waals surface area (Å²) in [7, 11) is 0. The molecule has 150 valence electrons. The van der Waals surface area contributed by atoms with Gasteiger partial charge in [0.15, 0.2) is 11.5 Å². The summed E-state index contributed by atoms with van der Waals surface area (Å²) in [5.41, 5.74) is 4.46. The summed E-state index contributed by atoms with van der Waals surface area (Å²) in [6, 6.07) is 11.9. The van der Waals surface area contributed by atoms with E-state index >= 15 is 0 Å². The summed E-state index contributed by atoms with van der Waals surface area (Å²) in [4.78, 5) is 8.56. The molecule has 0 N–H and O–H groups in total. The van der Waals surface area contributed by atoms with Gasteiger partial charge in [-0.25, -0.2) is 9.97 Å². The van der Waals surface area contributed by atoms with Crippen molar-refractivity contribution in [3.05, 3.63) is 65.0 Å². The van der Waals surface area contributed by atoms with Crippen molar-refractivity contribution in [3.8, 4) is 23.1 Å². The number of para-hydroxylation sites is 1. The highest BCUT2D eigenvalue weighted by Crippen LogP contribution is 2.35. The summed E-state index contributed by atoms with van der Waals surface area (Å²) in [6.07, 6.45) is 1.69. The molecule has 1 aromatic carbocycles. The average Bonchev–Trinajstić information content (AvgIpc) is 3.10. The van der Waals surface area contributed by atoms with Gasteiger partial charge >= 0.3 is 0 Å². The molecule has 4 nitrogen and oxygen atoms in total. The van der Waals surface area contributed by atoms with E-state index in [0.29, 0.717) is 17.1 Å². The van der Waals surface area contributed by atoms with Crippen molar-refractivity contribution in [2.45, 2.75) is 59.3 Å². The number of aromatic nitrogens is 3. The molecule has 0 bridgehead atoms. The average molecular weight is 391 g/mol. The number of nitriles is 1. The summed E-state index contributed by atoms with van der Waals surface area (Å²) in [6.45, 7) is 12.5. The number of benzene rings is 1. The first-order valence-corrected chi connectivity index (χ1v) is 10.0. The maximum atomic E-state index is 15.0. The molecule has 0 radical (unpaired) electrons. The van der Waals surface area contributed by atoms with Gasteiger partial charge in [-0.3, -0.25) is 4.57 Å². The fraction of sp³-hybridized carbons (Fsp3) is 0.375. The van der Waals surface area contributed by atoms with Gasteiger partial charge in [0, 0.05) is 11.9 Å². The third-order valence-electron chi connectivity index (χ3n) is 5.11. The van der Waals surface area contributed by atoms with Crippen molar-refractivity contribution < 1.29 is 4.39 Å². The lowest BCUT2D eigenvalue weighted by molar-refractivity contribution is 0.574. The van der Waals surface area contributed by atoms with Crippen molar-refractivity contribution in [1.82, 2.24) is 14.5 Å². The minimum absolute atomic E-state index is 0.127. The van der Waals surface area contributed by atoms with E-state index in [1.807, 2.05) is 24.5 Å². The Morgan fingerprint density at radius 3 is 2.00 bits per heavy atom. The molecule has 0 aliphatic rings. The quantitative estimate of drug-likeness (QED) is 0.479. The number of hydrogen-bond acceptors (Lipinski definition) is 3. The van der Waals surface area contributed by atoms with E-state index in [9.17, 15) is 9.65 Å². The van der Waals surface area contributed by atoms with Gasteiger partial charge in [-0.2, -0.15) is 9.65 Å². The van der Waals surface area contributed by atoms with Crippen LogP contribution in [0.2, 0.25) is 0 Å². The predicted molar refractivity (Wildman–Crippen MR) is 114 cm³/mol. The first kappa shape index (κ1) is 20.7. The van der Waals surface area contributed by atoms with Crippen LogP contribution in [-0.4, -0.2) is 14.5 Å². The summed E-state index contributed by atoms with van der Waals surface area (Å²) in [5.74, 6) is 0.478. The minimum Gasteiger partial charge on any atom is -0.298 e. The molecule has 0 atom stereocenters. The third kappa shape index (κ3) is 3.93. The molecule has 2 heterocycles. The maximum absolute atomic E-state index is 15.0. The zero-order valence-electron chi connectivity index (χ0n) is 17.9. The van der Waals surface area contributed by atoms with Crippen LogP contribution in [0.25, 0.3) is 17.1 Å². The SMILES string of the molecule is CC(C)c1ccc(-c2nc(C#N)cn2-c2c(C(C)C)cccc2C(C)C)c(F)n1. The summed E-state index contributed by atoms with van der Waals surface area (Å²) in [5, 5.41) is 9.48. The number of halogens is 1. The Hall–Kier alpha value is -3.00. The predicted octanol–water partition coefficient (Wildman–Crippen LogP) is 6.32.